The van der Waals surface area contributed by atoms with Gasteiger partial charge in [-0.1, -0.05) is 20.8 Å². The normalized spacial score (nSPS) is 43.4. The van der Waals surface area contributed by atoms with Crippen molar-refractivity contribution in [1.82, 2.24) is 0 Å². The van der Waals surface area contributed by atoms with Gasteiger partial charge in [0.1, 0.15) is 0 Å². The number of fused-ring (bicyclic) bond motifs is 5. The minimum absolute atomic E-state index is 0.0695. The molecule has 0 unspecified atom stereocenters. The molecule has 0 spiro atoms. The Labute approximate surface area is 209 Å². The molecule has 35 heavy (non-hydrogen) atoms. The van der Waals surface area contributed by atoms with Crippen LogP contribution >= 0.6 is 0 Å². The van der Waals surface area contributed by atoms with Crippen LogP contribution in [0.25, 0.3) is 0 Å². The fraction of sp³-hybridized carbons (Fsp3) is 0.926. The van der Waals surface area contributed by atoms with Gasteiger partial charge >= 0.3 is 12.3 Å². The van der Waals surface area contributed by atoms with Crippen LogP contribution in [0.4, 0.5) is 9.59 Å². The first kappa shape index (κ1) is 26.5. The minimum atomic E-state index is -1.07. The van der Waals surface area contributed by atoms with Gasteiger partial charge in [-0.05, 0) is 97.7 Å². The van der Waals surface area contributed by atoms with Crippen LogP contribution in [-0.4, -0.2) is 55.2 Å². The number of carbonyl (C=O) groups is 2. The van der Waals surface area contributed by atoms with Gasteiger partial charge in [0, 0.05) is 6.42 Å². The molecule has 0 saturated heterocycles. The molecule has 4 rings (SSSR count). The first-order valence-corrected chi connectivity index (χ1v) is 13.4. The van der Waals surface area contributed by atoms with Crippen molar-refractivity contribution in [3.8, 4) is 0 Å². The summed E-state index contributed by atoms with van der Waals surface area (Å²) in [5.41, 5.74) is 0.266. The Hall–Kier alpha value is -1.54. The number of ether oxygens (including phenoxy) is 4. The highest BCUT2D eigenvalue weighted by Gasteiger charge is 2.63. The molecule has 8 nitrogen and oxygen atoms in total. The molecule has 0 radical (unpaired) electrons. The maximum Gasteiger partial charge on any atom is 0.511 e. The highest BCUT2D eigenvalue weighted by molar-refractivity contribution is 5.61. The molecule has 4 aliphatic carbocycles. The quantitative estimate of drug-likeness (QED) is 0.409. The Balaban J connectivity index is 1.50. The summed E-state index contributed by atoms with van der Waals surface area (Å²) in [5.74, 6) is 2.12. The van der Waals surface area contributed by atoms with Gasteiger partial charge < -0.3 is 29.2 Å². The Kier molecular flexibility index (Phi) is 7.64. The van der Waals surface area contributed by atoms with Gasteiger partial charge in [0.15, 0.2) is 0 Å². The highest BCUT2D eigenvalue weighted by atomic mass is 16.8. The molecule has 8 heteroatoms. The average molecular weight is 497 g/mol. The van der Waals surface area contributed by atoms with Crippen LogP contribution in [0.3, 0.4) is 0 Å². The molecule has 4 saturated carbocycles. The van der Waals surface area contributed by atoms with Crippen LogP contribution in [0.5, 0.6) is 0 Å². The van der Waals surface area contributed by atoms with Gasteiger partial charge in [-0.3, -0.25) is 0 Å². The van der Waals surface area contributed by atoms with E-state index in [9.17, 15) is 19.8 Å². The maximum absolute atomic E-state index is 11.7. The number of hydrogen-bond donors (Lipinski definition) is 2. The van der Waals surface area contributed by atoms with E-state index in [-0.39, 0.29) is 34.9 Å². The molecule has 0 aliphatic heterocycles. The van der Waals surface area contributed by atoms with Crippen molar-refractivity contribution in [2.75, 3.05) is 14.2 Å². The van der Waals surface area contributed by atoms with E-state index >= 15 is 0 Å². The number of hydrogen-bond acceptors (Lipinski definition) is 8. The van der Waals surface area contributed by atoms with E-state index in [0.29, 0.717) is 30.1 Å². The lowest BCUT2D eigenvalue weighted by molar-refractivity contribution is -0.175. The smallest absolute Gasteiger partial charge is 0.438 e. The topological polar surface area (TPSA) is 112 Å². The Bertz CT molecular complexity index is 769. The summed E-state index contributed by atoms with van der Waals surface area (Å²) < 4.78 is 19.6. The van der Waals surface area contributed by atoms with E-state index in [0.717, 1.165) is 51.4 Å². The summed E-state index contributed by atoms with van der Waals surface area (Å²) in [4.78, 5) is 23.5. The first-order valence-electron chi connectivity index (χ1n) is 13.4. The number of aliphatic hydroxyl groups excluding tert-OH is 2. The van der Waals surface area contributed by atoms with E-state index in [1.807, 2.05) is 0 Å². The molecule has 0 amide bonds. The fourth-order valence-corrected chi connectivity index (χ4v) is 9.07. The Morgan fingerprint density at radius 2 is 1.49 bits per heavy atom. The first-order chi connectivity index (χ1) is 16.5. The van der Waals surface area contributed by atoms with Gasteiger partial charge in [0.25, 0.3) is 6.29 Å². The monoisotopic (exact) mass is 496 g/mol. The van der Waals surface area contributed by atoms with Gasteiger partial charge in [-0.25, -0.2) is 9.59 Å². The van der Waals surface area contributed by atoms with Crippen molar-refractivity contribution < 1.29 is 38.7 Å². The molecule has 2 N–H and O–H groups in total. The zero-order chi connectivity index (χ0) is 25.5. The van der Waals surface area contributed by atoms with Crippen molar-refractivity contribution in [3.05, 3.63) is 0 Å². The SMILES string of the molecule is COC(=O)OC(C[C@@H](C)[C@H]1CC[C@H]2[C@@H]3[C@H](O)C[C@@H]4C[C@H](O)CC[C@]4(C)[C@H]3CC[C@]12C)OC(=O)OC. The zero-order valence-corrected chi connectivity index (χ0v) is 21.9. The number of rotatable bonds is 5. The summed E-state index contributed by atoms with van der Waals surface area (Å²) in [5, 5.41) is 21.7. The third kappa shape index (κ3) is 4.77. The van der Waals surface area contributed by atoms with Crippen LogP contribution in [0.1, 0.15) is 78.6 Å². The number of carbonyl (C=O) groups excluding carboxylic acids is 2. The molecular weight excluding hydrogens is 452 g/mol. The van der Waals surface area contributed by atoms with Crippen molar-refractivity contribution in [2.45, 2.75) is 97.1 Å². The molecule has 10 atom stereocenters. The molecule has 0 aromatic rings. The largest absolute Gasteiger partial charge is 0.511 e. The second kappa shape index (κ2) is 10.1. The van der Waals surface area contributed by atoms with E-state index in [4.69, 9.17) is 9.47 Å². The minimum Gasteiger partial charge on any atom is -0.438 e. The molecule has 0 aromatic heterocycles. The standard InChI is InChI=1S/C27H44O8/c1-15(12-22(34-24(30)32-4)35-25(31)33-5)18-6-7-19-23-20(9-11-27(18,19)3)26(2)10-8-17(28)13-16(26)14-21(23)29/h15-23,28-29H,6-14H2,1-5H3/t15-,16+,17-,18-,19+,20+,21-,23+,26+,27-/m1/s1. The fourth-order valence-electron chi connectivity index (χ4n) is 9.07. The Morgan fingerprint density at radius 3 is 2.11 bits per heavy atom. The zero-order valence-electron chi connectivity index (χ0n) is 21.9. The van der Waals surface area contributed by atoms with Crippen LogP contribution in [0.15, 0.2) is 0 Å². The lowest BCUT2D eigenvalue weighted by atomic mass is 9.43. The van der Waals surface area contributed by atoms with Gasteiger partial charge in [0.05, 0.1) is 26.4 Å². The van der Waals surface area contributed by atoms with E-state index in [1.165, 1.54) is 14.2 Å². The molecule has 0 heterocycles. The maximum atomic E-state index is 11.7. The van der Waals surface area contributed by atoms with Crippen LogP contribution < -0.4 is 0 Å². The number of aliphatic hydroxyl groups is 2. The molecule has 200 valence electrons. The van der Waals surface area contributed by atoms with Crippen LogP contribution in [0.2, 0.25) is 0 Å². The molecule has 0 bridgehead atoms. The predicted octanol–water partition coefficient (Wildman–Crippen LogP) is 4.90. The van der Waals surface area contributed by atoms with E-state index in [2.05, 4.69) is 30.2 Å². The third-order valence-electron chi connectivity index (χ3n) is 10.8. The summed E-state index contributed by atoms with van der Waals surface area (Å²) in [7, 11) is 2.44. The van der Waals surface area contributed by atoms with Crippen LogP contribution in [-0.2, 0) is 18.9 Å². The van der Waals surface area contributed by atoms with Crippen molar-refractivity contribution >= 4 is 12.3 Å². The average Bonchev–Trinajstić information content (AvgIpc) is 3.17. The highest BCUT2D eigenvalue weighted by Crippen LogP contribution is 2.68. The Morgan fingerprint density at radius 1 is 0.886 bits per heavy atom. The van der Waals surface area contributed by atoms with E-state index < -0.39 is 18.6 Å². The summed E-state index contributed by atoms with van der Waals surface area (Å²) >= 11 is 0. The molecule has 0 aromatic carbocycles. The van der Waals surface area contributed by atoms with Gasteiger partial charge in [0.2, 0.25) is 0 Å². The second-order valence-corrected chi connectivity index (χ2v) is 12.2. The lowest BCUT2D eigenvalue weighted by Crippen LogP contribution is -2.58. The molecule has 4 aliphatic rings. The summed E-state index contributed by atoms with van der Waals surface area (Å²) in [6, 6.07) is 0. The van der Waals surface area contributed by atoms with E-state index in [1.54, 1.807) is 0 Å². The van der Waals surface area contributed by atoms with Gasteiger partial charge in [-0.2, -0.15) is 0 Å². The van der Waals surface area contributed by atoms with Crippen molar-refractivity contribution in [2.24, 2.45) is 46.3 Å². The van der Waals surface area contributed by atoms with Crippen molar-refractivity contribution in [1.29, 1.82) is 0 Å². The predicted molar refractivity (Wildman–Crippen MR) is 127 cm³/mol. The molecule has 4 fully saturated rings. The summed E-state index contributed by atoms with van der Waals surface area (Å²) in [6.07, 6.45) is 4.81. The number of methoxy groups -OCH3 is 2. The molecular formula is C27H44O8. The van der Waals surface area contributed by atoms with Crippen molar-refractivity contribution in [3.63, 3.8) is 0 Å². The third-order valence-corrected chi connectivity index (χ3v) is 10.8. The summed E-state index contributed by atoms with van der Waals surface area (Å²) in [6.45, 7) is 6.94. The van der Waals surface area contributed by atoms with Gasteiger partial charge in [-0.15, -0.1) is 0 Å². The lowest BCUT2D eigenvalue weighted by Gasteiger charge is -2.62. The second-order valence-electron chi connectivity index (χ2n) is 12.2. The van der Waals surface area contributed by atoms with Crippen LogP contribution in [0, 0.1) is 46.3 Å².